The fourth-order valence-electron chi connectivity index (χ4n) is 3.71. The summed E-state index contributed by atoms with van der Waals surface area (Å²) in [6.45, 7) is 8.57. The monoisotopic (exact) mass is 336 g/mol. The molecular formula is C18H28N2O2S. The third-order valence-electron chi connectivity index (χ3n) is 5.05. The molecule has 2 fully saturated rings. The minimum absolute atomic E-state index is 0.0188. The number of piperazine rings is 1. The van der Waals surface area contributed by atoms with Crippen LogP contribution in [0.15, 0.2) is 24.3 Å². The van der Waals surface area contributed by atoms with Gasteiger partial charge >= 0.3 is 0 Å². The van der Waals surface area contributed by atoms with E-state index in [1.165, 1.54) is 30.2 Å². The summed E-state index contributed by atoms with van der Waals surface area (Å²) in [5.74, 6) is 0.668. The average Bonchev–Trinajstić information content (AvgIpc) is 3.29. The van der Waals surface area contributed by atoms with Crippen molar-refractivity contribution >= 4 is 10.0 Å². The van der Waals surface area contributed by atoms with E-state index >= 15 is 0 Å². The zero-order valence-corrected chi connectivity index (χ0v) is 15.4. The lowest BCUT2D eigenvalue weighted by Crippen LogP contribution is -2.56. The summed E-state index contributed by atoms with van der Waals surface area (Å²) in [6.07, 6.45) is 3.84. The van der Waals surface area contributed by atoms with Crippen molar-refractivity contribution in [3.63, 3.8) is 0 Å². The molecule has 0 N–H and O–H groups in total. The molecule has 0 amide bonds. The van der Waals surface area contributed by atoms with Crippen LogP contribution in [0.3, 0.4) is 0 Å². The Balaban J connectivity index is 2.00. The van der Waals surface area contributed by atoms with Gasteiger partial charge in [-0.15, -0.1) is 0 Å². The predicted octanol–water partition coefficient (Wildman–Crippen LogP) is 2.98. The Kier molecular flexibility index (Phi) is 4.32. The van der Waals surface area contributed by atoms with Gasteiger partial charge in [0.15, 0.2) is 0 Å². The van der Waals surface area contributed by atoms with Gasteiger partial charge in [0.2, 0.25) is 10.0 Å². The molecule has 1 aliphatic carbocycles. The van der Waals surface area contributed by atoms with E-state index in [0.29, 0.717) is 19.0 Å². The van der Waals surface area contributed by atoms with E-state index in [-0.39, 0.29) is 11.6 Å². The van der Waals surface area contributed by atoms with E-state index in [4.69, 9.17) is 0 Å². The maximum absolute atomic E-state index is 12.1. The molecule has 0 radical (unpaired) electrons. The van der Waals surface area contributed by atoms with Crippen LogP contribution in [-0.4, -0.2) is 49.1 Å². The van der Waals surface area contributed by atoms with Crippen molar-refractivity contribution < 1.29 is 8.42 Å². The Morgan fingerprint density at radius 2 is 1.65 bits per heavy atom. The van der Waals surface area contributed by atoms with E-state index in [9.17, 15) is 8.42 Å². The smallest absolute Gasteiger partial charge is 0.211 e. The zero-order chi connectivity index (χ0) is 16.8. The first-order chi connectivity index (χ1) is 10.7. The molecular weight excluding hydrogens is 308 g/mol. The summed E-state index contributed by atoms with van der Waals surface area (Å²) < 4.78 is 25.8. The molecule has 0 bridgehead atoms. The van der Waals surface area contributed by atoms with Crippen LogP contribution in [0.4, 0.5) is 0 Å². The van der Waals surface area contributed by atoms with Crippen LogP contribution in [-0.2, 0) is 10.0 Å². The minimum atomic E-state index is -3.15. The second-order valence-corrected chi connectivity index (χ2v) is 9.89. The van der Waals surface area contributed by atoms with Gasteiger partial charge in [0.25, 0.3) is 0 Å². The molecule has 3 rings (SSSR count). The molecule has 5 heteroatoms. The maximum atomic E-state index is 12.1. The standard InChI is InChI=1S/C18H28N2O2S/c1-18(2,3)20-12-11-19(23(4,21)22)13-17(20)16-8-6-5-7-15(16)14-9-10-14/h5-8,14,17H,9-13H2,1-4H3. The van der Waals surface area contributed by atoms with Crippen molar-refractivity contribution in [2.24, 2.45) is 0 Å². The summed E-state index contributed by atoms with van der Waals surface area (Å²) in [5.41, 5.74) is 2.76. The Bertz CT molecular complexity index is 675. The van der Waals surface area contributed by atoms with Gasteiger partial charge in [0.05, 0.1) is 6.26 Å². The van der Waals surface area contributed by atoms with Crippen molar-refractivity contribution in [3.05, 3.63) is 35.4 Å². The van der Waals surface area contributed by atoms with Gasteiger partial charge in [-0.05, 0) is 50.7 Å². The lowest BCUT2D eigenvalue weighted by atomic mass is 9.91. The van der Waals surface area contributed by atoms with E-state index in [0.717, 1.165) is 6.54 Å². The van der Waals surface area contributed by atoms with Crippen LogP contribution in [0, 0.1) is 0 Å². The topological polar surface area (TPSA) is 40.6 Å². The van der Waals surface area contributed by atoms with Crippen molar-refractivity contribution in [1.82, 2.24) is 9.21 Å². The third kappa shape index (κ3) is 3.62. The number of nitrogens with zero attached hydrogens (tertiary/aromatic N) is 2. The van der Waals surface area contributed by atoms with Crippen LogP contribution in [0.1, 0.15) is 56.7 Å². The average molecular weight is 337 g/mol. The highest BCUT2D eigenvalue weighted by atomic mass is 32.2. The minimum Gasteiger partial charge on any atom is -0.289 e. The van der Waals surface area contributed by atoms with Gasteiger partial charge < -0.3 is 0 Å². The molecule has 1 aromatic carbocycles. The number of benzene rings is 1. The lowest BCUT2D eigenvalue weighted by Gasteiger charge is -2.48. The van der Waals surface area contributed by atoms with Crippen LogP contribution in [0.25, 0.3) is 0 Å². The molecule has 1 saturated heterocycles. The quantitative estimate of drug-likeness (QED) is 0.852. The van der Waals surface area contributed by atoms with Gasteiger partial charge in [0, 0.05) is 31.2 Å². The molecule has 23 heavy (non-hydrogen) atoms. The van der Waals surface area contributed by atoms with E-state index < -0.39 is 10.0 Å². The van der Waals surface area contributed by atoms with Gasteiger partial charge in [-0.1, -0.05) is 24.3 Å². The first kappa shape index (κ1) is 16.9. The van der Waals surface area contributed by atoms with Crippen molar-refractivity contribution in [2.45, 2.75) is 51.1 Å². The van der Waals surface area contributed by atoms with Crippen molar-refractivity contribution in [3.8, 4) is 0 Å². The number of hydrogen-bond acceptors (Lipinski definition) is 3. The van der Waals surface area contributed by atoms with Crippen LogP contribution in [0.2, 0.25) is 0 Å². The van der Waals surface area contributed by atoms with Crippen LogP contribution < -0.4 is 0 Å². The zero-order valence-electron chi connectivity index (χ0n) is 14.6. The fraction of sp³-hybridized carbons (Fsp3) is 0.667. The van der Waals surface area contributed by atoms with Crippen LogP contribution in [0.5, 0.6) is 0 Å². The summed E-state index contributed by atoms with van der Waals surface area (Å²) in [5, 5.41) is 0. The lowest BCUT2D eigenvalue weighted by molar-refractivity contribution is 0.0346. The molecule has 1 atom stereocenters. The van der Waals surface area contributed by atoms with Gasteiger partial charge in [-0.3, -0.25) is 4.90 Å². The third-order valence-corrected chi connectivity index (χ3v) is 6.32. The fourth-order valence-corrected chi connectivity index (χ4v) is 4.53. The molecule has 1 unspecified atom stereocenters. The van der Waals surface area contributed by atoms with Crippen molar-refractivity contribution in [1.29, 1.82) is 0 Å². The molecule has 1 aliphatic heterocycles. The summed E-state index contributed by atoms with van der Waals surface area (Å²) in [6, 6.07) is 8.75. The van der Waals surface area contributed by atoms with Gasteiger partial charge in [0.1, 0.15) is 0 Å². The molecule has 0 aromatic heterocycles. The van der Waals surface area contributed by atoms with E-state index in [1.54, 1.807) is 4.31 Å². The molecule has 1 saturated carbocycles. The largest absolute Gasteiger partial charge is 0.289 e. The second-order valence-electron chi connectivity index (χ2n) is 7.90. The highest BCUT2D eigenvalue weighted by Crippen LogP contribution is 2.45. The first-order valence-corrected chi connectivity index (χ1v) is 10.3. The van der Waals surface area contributed by atoms with Crippen LogP contribution >= 0.6 is 0 Å². The first-order valence-electron chi connectivity index (χ1n) is 8.48. The normalized spacial score (nSPS) is 24.8. The summed E-state index contributed by atoms with van der Waals surface area (Å²) in [4.78, 5) is 2.47. The molecule has 1 heterocycles. The second kappa shape index (κ2) is 5.87. The molecule has 128 valence electrons. The van der Waals surface area contributed by atoms with Gasteiger partial charge in [-0.25, -0.2) is 8.42 Å². The van der Waals surface area contributed by atoms with E-state index in [1.807, 2.05) is 0 Å². The summed E-state index contributed by atoms with van der Waals surface area (Å²) in [7, 11) is -3.15. The Hall–Kier alpha value is -0.910. The van der Waals surface area contributed by atoms with Gasteiger partial charge in [-0.2, -0.15) is 4.31 Å². The molecule has 2 aliphatic rings. The highest BCUT2D eigenvalue weighted by molar-refractivity contribution is 7.88. The number of rotatable bonds is 3. The van der Waals surface area contributed by atoms with E-state index in [2.05, 4.69) is 49.9 Å². The molecule has 0 spiro atoms. The number of sulfonamides is 1. The summed E-state index contributed by atoms with van der Waals surface area (Å²) >= 11 is 0. The Morgan fingerprint density at radius 1 is 1.04 bits per heavy atom. The van der Waals surface area contributed by atoms with Crippen molar-refractivity contribution in [2.75, 3.05) is 25.9 Å². The Morgan fingerprint density at radius 3 is 2.17 bits per heavy atom. The molecule has 1 aromatic rings. The Labute approximate surface area is 140 Å². The SMILES string of the molecule is CC(C)(C)N1CCN(S(C)(=O)=O)CC1c1ccccc1C1CC1. The maximum Gasteiger partial charge on any atom is 0.211 e. The predicted molar refractivity (Wildman–Crippen MR) is 94.0 cm³/mol. The number of hydrogen-bond donors (Lipinski definition) is 0. The highest BCUT2D eigenvalue weighted by Gasteiger charge is 2.39. The molecule has 4 nitrogen and oxygen atoms in total.